The van der Waals surface area contributed by atoms with Crippen LogP contribution in [0.2, 0.25) is 0 Å². The maximum Gasteiger partial charge on any atom is 0.179 e. The number of hydrogen-bond acceptors (Lipinski definition) is 5. The van der Waals surface area contributed by atoms with Gasteiger partial charge in [0.1, 0.15) is 18.0 Å². The number of nitrogens with one attached hydrogen (secondary N) is 1. The number of anilines is 2. The highest BCUT2D eigenvalue weighted by atomic mass is 32.2. The van der Waals surface area contributed by atoms with Crippen LogP contribution in [0.25, 0.3) is 10.9 Å². The van der Waals surface area contributed by atoms with Crippen molar-refractivity contribution in [2.24, 2.45) is 0 Å². The van der Waals surface area contributed by atoms with Gasteiger partial charge in [-0.15, -0.1) is 0 Å². The molecule has 0 saturated carbocycles. The monoisotopic (exact) mass is 329 g/mol. The molecule has 1 N–H and O–H groups in total. The molecule has 23 heavy (non-hydrogen) atoms. The Morgan fingerprint density at radius 3 is 2.61 bits per heavy atom. The normalized spacial score (nSPS) is 15.5. The second kappa shape index (κ2) is 4.99. The van der Waals surface area contributed by atoms with Gasteiger partial charge in [-0.05, 0) is 48.4 Å². The Balaban J connectivity index is 1.90. The number of fused-ring (bicyclic) bond motifs is 3. The van der Waals surface area contributed by atoms with E-state index >= 15 is 0 Å². The lowest BCUT2D eigenvalue weighted by Crippen LogP contribution is -2.00. The highest BCUT2D eigenvalue weighted by molar-refractivity contribution is 7.91. The molecule has 2 heterocycles. The molecule has 2 aromatic carbocycles. The van der Waals surface area contributed by atoms with Crippen LogP contribution in [0.5, 0.6) is 0 Å². The van der Waals surface area contributed by atoms with Crippen molar-refractivity contribution in [3.05, 3.63) is 54.1 Å². The second-order valence-electron chi connectivity index (χ2n) is 5.36. The Hall–Kier alpha value is -2.54. The zero-order valence-electron chi connectivity index (χ0n) is 12.0. The maximum absolute atomic E-state index is 13.0. The van der Waals surface area contributed by atoms with Gasteiger partial charge >= 0.3 is 0 Å². The van der Waals surface area contributed by atoms with Crippen LogP contribution >= 0.6 is 0 Å². The van der Waals surface area contributed by atoms with E-state index in [-0.39, 0.29) is 11.6 Å². The van der Waals surface area contributed by atoms with Gasteiger partial charge in [0.2, 0.25) is 0 Å². The van der Waals surface area contributed by atoms with E-state index in [1.807, 2.05) is 0 Å². The van der Waals surface area contributed by atoms with E-state index < -0.39 is 9.84 Å². The zero-order valence-corrected chi connectivity index (χ0v) is 12.8. The molecule has 0 atom stereocenters. The average molecular weight is 329 g/mol. The van der Waals surface area contributed by atoms with Crippen LogP contribution in [-0.4, -0.2) is 24.1 Å². The Morgan fingerprint density at radius 1 is 1.04 bits per heavy atom. The highest BCUT2D eigenvalue weighted by Crippen LogP contribution is 2.35. The molecular formula is C16H12FN3O2S. The van der Waals surface area contributed by atoms with Crippen molar-refractivity contribution in [3.63, 3.8) is 0 Å². The molecule has 5 nitrogen and oxygen atoms in total. The van der Waals surface area contributed by atoms with E-state index in [1.54, 1.807) is 24.3 Å². The van der Waals surface area contributed by atoms with Gasteiger partial charge in [-0.25, -0.2) is 22.8 Å². The molecule has 1 aromatic heterocycles. The molecular weight excluding hydrogens is 317 g/mol. The van der Waals surface area contributed by atoms with E-state index in [1.165, 1.54) is 18.5 Å². The summed E-state index contributed by atoms with van der Waals surface area (Å²) < 4.78 is 37.2. The summed E-state index contributed by atoms with van der Waals surface area (Å²) >= 11 is 0. The first kappa shape index (κ1) is 14.1. The fraction of sp³-hybridized carbons (Fsp3) is 0.125. The number of hydrogen-bond donors (Lipinski definition) is 1. The third-order valence-electron chi connectivity index (χ3n) is 3.93. The van der Waals surface area contributed by atoms with Crippen molar-refractivity contribution < 1.29 is 12.8 Å². The summed E-state index contributed by atoms with van der Waals surface area (Å²) in [6.07, 6.45) is 1.87. The van der Waals surface area contributed by atoms with Crippen molar-refractivity contribution in [3.8, 4) is 0 Å². The van der Waals surface area contributed by atoms with E-state index in [9.17, 15) is 12.8 Å². The van der Waals surface area contributed by atoms with E-state index in [0.717, 1.165) is 5.56 Å². The van der Waals surface area contributed by atoms with Crippen molar-refractivity contribution in [1.29, 1.82) is 0 Å². The van der Waals surface area contributed by atoms with Gasteiger partial charge in [0.25, 0.3) is 0 Å². The van der Waals surface area contributed by atoms with Gasteiger partial charge in [-0.3, -0.25) is 0 Å². The molecule has 0 radical (unpaired) electrons. The summed E-state index contributed by atoms with van der Waals surface area (Å²) in [4.78, 5) is 8.81. The van der Waals surface area contributed by atoms with Gasteiger partial charge in [0.05, 0.1) is 16.2 Å². The topological polar surface area (TPSA) is 72.0 Å². The lowest BCUT2D eigenvalue weighted by molar-refractivity contribution is 0.600. The molecule has 0 saturated heterocycles. The van der Waals surface area contributed by atoms with E-state index in [2.05, 4.69) is 15.3 Å². The molecule has 0 aliphatic carbocycles. The largest absolute Gasteiger partial charge is 0.340 e. The van der Waals surface area contributed by atoms with Crippen LogP contribution in [0.1, 0.15) is 5.56 Å². The molecule has 0 amide bonds. The third-order valence-corrected chi connectivity index (χ3v) is 5.73. The summed E-state index contributed by atoms with van der Waals surface area (Å²) in [5.41, 5.74) is 2.10. The van der Waals surface area contributed by atoms with E-state index in [0.29, 0.717) is 33.7 Å². The molecule has 0 spiro atoms. The van der Waals surface area contributed by atoms with Crippen LogP contribution in [0.4, 0.5) is 15.9 Å². The summed E-state index contributed by atoms with van der Waals surface area (Å²) in [7, 11) is -3.23. The fourth-order valence-electron chi connectivity index (χ4n) is 2.85. The molecule has 3 aromatic rings. The molecule has 0 bridgehead atoms. The van der Waals surface area contributed by atoms with E-state index in [4.69, 9.17) is 0 Å². The van der Waals surface area contributed by atoms with Crippen LogP contribution in [0, 0.1) is 5.82 Å². The van der Waals surface area contributed by atoms with Crippen LogP contribution in [0.15, 0.2) is 47.6 Å². The summed E-state index contributed by atoms with van der Waals surface area (Å²) in [5, 5.41) is 3.82. The minimum atomic E-state index is -3.23. The first-order valence-corrected chi connectivity index (χ1v) is 8.72. The van der Waals surface area contributed by atoms with Gasteiger partial charge in [0.15, 0.2) is 9.84 Å². The minimum Gasteiger partial charge on any atom is -0.340 e. The Kier molecular flexibility index (Phi) is 3.05. The Morgan fingerprint density at radius 2 is 1.83 bits per heavy atom. The molecule has 0 fully saturated rings. The van der Waals surface area contributed by atoms with Gasteiger partial charge in [0, 0.05) is 11.1 Å². The predicted molar refractivity (Wildman–Crippen MR) is 85.0 cm³/mol. The minimum absolute atomic E-state index is 0.104. The summed E-state index contributed by atoms with van der Waals surface area (Å²) in [6.45, 7) is 0. The molecule has 7 heteroatoms. The fourth-order valence-corrected chi connectivity index (χ4v) is 4.40. The predicted octanol–water partition coefficient (Wildman–Crippen LogP) is 2.84. The quantitative estimate of drug-likeness (QED) is 0.783. The number of rotatable bonds is 2. The number of benzene rings is 2. The Bertz CT molecular complexity index is 1020. The zero-order chi connectivity index (χ0) is 16.0. The van der Waals surface area contributed by atoms with Gasteiger partial charge < -0.3 is 5.32 Å². The molecule has 0 unspecified atom stereocenters. The highest BCUT2D eigenvalue weighted by Gasteiger charge is 2.29. The molecule has 116 valence electrons. The van der Waals surface area contributed by atoms with Crippen molar-refractivity contribution in [2.75, 3.05) is 11.1 Å². The number of aryl methyl sites for hydroxylation is 1. The van der Waals surface area contributed by atoms with Crippen LogP contribution in [-0.2, 0) is 16.3 Å². The third kappa shape index (κ3) is 2.33. The second-order valence-corrected chi connectivity index (χ2v) is 7.44. The number of aromatic nitrogens is 2. The Labute approximate surface area is 132 Å². The number of nitrogens with zero attached hydrogens (tertiary/aromatic N) is 2. The first-order chi connectivity index (χ1) is 11.0. The molecule has 1 aliphatic heterocycles. The number of sulfone groups is 1. The van der Waals surface area contributed by atoms with Crippen LogP contribution < -0.4 is 5.32 Å². The van der Waals surface area contributed by atoms with Crippen molar-refractivity contribution in [1.82, 2.24) is 9.97 Å². The number of halogens is 1. The van der Waals surface area contributed by atoms with Gasteiger partial charge in [-0.2, -0.15) is 0 Å². The smallest absolute Gasteiger partial charge is 0.179 e. The van der Waals surface area contributed by atoms with Crippen molar-refractivity contribution >= 4 is 32.2 Å². The molecule has 4 rings (SSSR count). The summed E-state index contributed by atoms with van der Waals surface area (Å²) in [6, 6.07) is 9.19. The van der Waals surface area contributed by atoms with Gasteiger partial charge in [-0.1, -0.05) is 0 Å². The lowest BCUT2D eigenvalue weighted by Gasteiger charge is -2.11. The van der Waals surface area contributed by atoms with Crippen molar-refractivity contribution in [2.45, 2.75) is 11.3 Å². The first-order valence-electron chi connectivity index (χ1n) is 7.06. The lowest BCUT2D eigenvalue weighted by atomic mass is 10.1. The molecule has 1 aliphatic rings. The summed E-state index contributed by atoms with van der Waals surface area (Å²) in [5.74, 6) is 0.303. The maximum atomic E-state index is 13.0. The van der Waals surface area contributed by atoms with Crippen LogP contribution in [0.3, 0.4) is 0 Å². The SMILES string of the molecule is O=S1(=O)CCc2c1ccc1ncnc(Nc3ccc(F)cc3)c21. The standard InChI is InChI=1S/C16H12FN3O2S/c17-10-1-3-11(4-2-10)20-16-15-12-7-8-23(21,22)14(12)6-5-13(15)18-9-19-16/h1-6,9H,7-8H2,(H,18,19,20). The average Bonchev–Trinajstić information content (AvgIpc) is 2.85.